The fourth-order valence-corrected chi connectivity index (χ4v) is 4.15. The van der Waals surface area contributed by atoms with E-state index in [2.05, 4.69) is 23.7 Å². The minimum Gasteiger partial charge on any atom is -0.337 e. The van der Waals surface area contributed by atoms with Crippen LogP contribution in [0.5, 0.6) is 0 Å². The van der Waals surface area contributed by atoms with Crippen LogP contribution in [0.15, 0.2) is 41.8 Å². The number of aromatic nitrogens is 2. The highest BCUT2D eigenvalue weighted by molar-refractivity contribution is 7.12. The van der Waals surface area contributed by atoms with E-state index in [9.17, 15) is 4.79 Å². The first-order valence-electron chi connectivity index (χ1n) is 7.98. The maximum absolute atomic E-state index is 12.6. The number of aryl methyl sites for hydroxylation is 1. The quantitative estimate of drug-likeness (QED) is 0.721. The molecule has 3 heterocycles. The van der Waals surface area contributed by atoms with Gasteiger partial charge in [0.25, 0.3) is 5.91 Å². The molecule has 1 amide bonds. The molecule has 1 atom stereocenters. The van der Waals surface area contributed by atoms with Crippen molar-refractivity contribution in [2.24, 2.45) is 7.05 Å². The van der Waals surface area contributed by atoms with Gasteiger partial charge in [-0.2, -0.15) is 0 Å². The molecule has 1 aliphatic heterocycles. The van der Waals surface area contributed by atoms with Gasteiger partial charge in [0, 0.05) is 26.1 Å². The van der Waals surface area contributed by atoms with Crippen molar-refractivity contribution in [1.82, 2.24) is 14.5 Å². The molecule has 3 aromatic rings. The zero-order chi connectivity index (χ0) is 15.8. The Morgan fingerprint density at radius 3 is 2.91 bits per heavy atom. The maximum atomic E-state index is 12.6. The largest absolute Gasteiger partial charge is 0.337 e. The maximum Gasteiger partial charge on any atom is 0.263 e. The van der Waals surface area contributed by atoms with E-state index in [1.165, 1.54) is 11.3 Å². The second-order valence-corrected chi connectivity index (χ2v) is 7.03. The van der Waals surface area contributed by atoms with Crippen LogP contribution in [-0.4, -0.2) is 33.4 Å². The number of hydrogen-bond donors (Lipinski definition) is 0. The molecule has 5 heteroatoms. The molecule has 118 valence electrons. The Kier molecular flexibility index (Phi) is 3.65. The zero-order valence-electron chi connectivity index (χ0n) is 13.1. The van der Waals surface area contributed by atoms with Gasteiger partial charge >= 0.3 is 0 Å². The lowest BCUT2D eigenvalue weighted by Crippen LogP contribution is -2.39. The molecule has 1 aromatic carbocycles. The Hall–Kier alpha value is -2.14. The highest BCUT2D eigenvalue weighted by Crippen LogP contribution is 2.29. The number of thiophene rings is 1. The molecule has 0 aliphatic carbocycles. The number of imidazole rings is 1. The van der Waals surface area contributed by atoms with Crippen LogP contribution in [0.4, 0.5) is 0 Å². The molecule has 1 aliphatic rings. The van der Waals surface area contributed by atoms with Crippen molar-refractivity contribution in [1.29, 1.82) is 0 Å². The number of rotatable bonds is 2. The summed E-state index contributed by atoms with van der Waals surface area (Å²) in [5.74, 6) is 1.56. The van der Waals surface area contributed by atoms with Gasteiger partial charge in [0.1, 0.15) is 5.82 Å². The van der Waals surface area contributed by atoms with Crippen molar-refractivity contribution in [3.8, 4) is 0 Å². The molecule has 23 heavy (non-hydrogen) atoms. The lowest BCUT2D eigenvalue weighted by molar-refractivity contribution is 0.0708. The third kappa shape index (κ3) is 2.55. The third-order valence-electron chi connectivity index (χ3n) is 4.63. The number of benzene rings is 1. The summed E-state index contributed by atoms with van der Waals surface area (Å²) >= 11 is 1.52. The number of para-hydroxylation sites is 2. The van der Waals surface area contributed by atoms with E-state index in [1.54, 1.807) is 0 Å². The minimum atomic E-state index is 0.156. The van der Waals surface area contributed by atoms with Gasteiger partial charge in [-0.05, 0) is 36.4 Å². The molecule has 1 unspecified atom stereocenters. The summed E-state index contributed by atoms with van der Waals surface area (Å²) in [6, 6.07) is 12.1. The monoisotopic (exact) mass is 325 g/mol. The summed E-state index contributed by atoms with van der Waals surface area (Å²) in [5.41, 5.74) is 2.19. The SMILES string of the molecule is Cn1c(C2CCCN(C(=O)c3cccs3)C2)nc2ccccc21. The first-order chi connectivity index (χ1) is 11.2. The van der Waals surface area contributed by atoms with Gasteiger partial charge in [-0.3, -0.25) is 4.79 Å². The first kappa shape index (κ1) is 14.5. The molecular formula is C18H19N3OS. The third-order valence-corrected chi connectivity index (χ3v) is 5.49. The molecule has 0 radical (unpaired) electrons. The predicted molar refractivity (Wildman–Crippen MR) is 92.9 cm³/mol. The second kappa shape index (κ2) is 5.81. The Labute approximate surface area is 139 Å². The van der Waals surface area contributed by atoms with Gasteiger partial charge in [0.05, 0.1) is 15.9 Å². The number of fused-ring (bicyclic) bond motifs is 1. The number of carbonyl (C=O) groups excluding carboxylic acids is 1. The highest BCUT2D eigenvalue weighted by atomic mass is 32.1. The van der Waals surface area contributed by atoms with Gasteiger partial charge in [-0.15, -0.1) is 11.3 Å². The van der Waals surface area contributed by atoms with Crippen LogP contribution in [0.25, 0.3) is 11.0 Å². The fraction of sp³-hybridized carbons (Fsp3) is 0.333. The predicted octanol–water partition coefficient (Wildman–Crippen LogP) is 3.65. The molecule has 2 aromatic heterocycles. The number of piperidine rings is 1. The molecule has 0 N–H and O–H groups in total. The smallest absolute Gasteiger partial charge is 0.263 e. The number of nitrogens with zero attached hydrogens (tertiary/aromatic N) is 3. The lowest BCUT2D eigenvalue weighted by Gasteiger charge is -2.32. The van der Waals surface area contributed by atoms with Crippen LogP contribution in [0.1, 0.15) is 34.3 Å². The standard InChI is InChI=1S/C18H19N3OS/c1-20-15-8-3-2-7-14(15)19-17(20)13-6-4-10-21(12-13)18(22)16-9-5-11-23-16/h2-3,5,7-9,11,13H,4,6,10,12H2,1H3. The summed E-state index contributed by atoms with van der Waals surface area (Å²) in [6.45, 7) is 1.60. The molecular weight excluding hydrogens is 306 g/mol. The Morgan fingerprint density at radius 1 is 1.26 bits per heavy atom. The fourth-order valence-electron chi connectivity index (χ4n) is 3.46. The van der Waals surface area contributed by atoms with Crippen LogP contribution in [0, 0.1) is 0 Å². The number of carbonyl (C=O) groups is 1. The van der Waals surface area contributed by atoms with E-state index in [0.29, 0.717) is 5.92 Å². The molecule has 1 fully saturated rings. The van der Waals surface area contributed by atoms with Crippen molar-refractivity contribution in [2.75, 3.05) is 13.1 Å². The van der Waals surface area contributed by atoms with Gasteiger partial charge in [0.2, 0.25) is 0 Å². The Bertz CT molecular complexity index is 837. The average Bonchev–Trinajstić information content (AvgIpc) is 3.23. The van der Waals surface area contributed by atoms with E-state index >= 15 is 0 Å². The van der Waals surface area contributed by atoms with Crippen LogP contribution in [0.2, 0.25) is 0 Å². The van der Waals surface area contributed by atoms with E-state index in [-0.39, 0.29) is 5.91 Å². The second-order valence-electron chi connectivity index (χ2n) is 6.09. The molecule has 4 nitrogen and oxygen atoms in total. The van der Waals surface area contributed by atoms with Crippen LogP contribution in [0.3, 0.4) is 0 Å². The highest BCUT2D eigenvalue weighted by Gasteiger charge is 2.28. The topological polar surface area (TPSA) is 38.1 Å². The summed E-state index contributed by atoms with van der Waals surface area (Å²) in [5, 5.41) is 1.96. The van der Waals surface area contributed by atoms with E-state index in [4.69, 9.17) is 4.98 Å². The summed E-state index contributed by atoms with van der Waals surface area (Å²) in [7, 11) is 2.07. The van der Waals surface area contributed by atoms with Crippen molar-refractivity contribution in [2.45, 2.75) is 18.8 Å². The van der Waals surface area contributed by atoms with Gasteiger partial charge in [-0.25, -0.2) is 4.98 Å². The Balaban J connectivity index is 1.61. The molecule has 0 spiro atoms. The molecule has 4 rings (SSSR count). The van der Waals surface area contributed by atoms with Gasteiger partial charge < -0.3 is 9.47 Å². The van der Waals surface area contributed by atoms with E-state index in [0.717, 1.165) is 47.7 Å². The minimum absolute atomic E-state index is 0.156. The molecule has 0 saturated carbocycles. The normalized spacial score (nSPS) is 18.5. The number of likely N-dealkylation sites (tertiary alicyclic amines) is 1. The summed E-state index contributed by atoms with van der Waals surface area (Å²) in [6.07, 6.45) is 2.12. The molecule has 0 bridgehead atoms. The Morgan fingerprint density at radius 2 is 2.13 bits per heavy atom. The van der Waals surface area contributed by atoms with E-state index in [1.807, 2.05) is 34.5 Å². The summed E-state index contributed by atoms with van der Waals surface area (Å²) in [4.78, 5) is 20.2. The molecule has 1 saturated heterocycles. The number of hydrogen-bond acceptors (Lipinski definition) is 3. The van der Waals surface area contributed by atoms with Crippen molar-refractivity contribution in [3.05, 3.63) is 52.5 Å². The lowest BCUT2D eigenvalue weighted by atomic mass is 9.97. The van der Waals surface area contributed by atoms with Gasteiger partial charge in [0.15, 0.2) is 0 Å². The van der Waals surface area contributed by atoms with Crippen LogP contribution < -0.4 is 0 Å². The van der Waals surface area contributed by atoms with Gasteiger partial charge in [-0.1, -0.05) is 18.2 Å². The van der Waals surface area contributed by atoms with Crippen molar-refractivity contribution >= 4 is 28.3 Å². The summed E-state index contributed by atoms with van der Waals surface area (Å²) < 4.78 is 2.18. The zero-order valence-corrected chi connectivity index (χ0v) is 13.9. The number of amides is 1. The van der Waals surface area contributed by atoms with Crippen LogP contribution in [-0.2, 0) is 7.05 Å². The van der Waals surface area contributed by atoms with Crippen molar-refractivity contribution in [3.63, 3.8) is 0 Å². The van der Waals surface area contributed by atoms with Crippen LogP contribution >= 0.6 is 11.3 Å². The van der Waals surface area contributed by atoms with E-state index < -0.39 is 0 Å². The van der Waals surface area contributed by atoms with Crippen molar-refractivity contribution < 1.29 is 4.79 Å². The first-order valence-corrected chi connectivity index (χ1v) is 8.86. The average molecular weight is 325 g/mol.